The lowest BCUT2D eigenvalue weighted by molar-refractivity contribution is -0.384. The zero-order valence-corrected chi connectivity index (χ0v) is 20.3. The maximum atomic E-state index is 12.6. The summed E-state index contributed by atoms with van der Waals surface area (Å²) in [6, 6.07) is 12.7. The van der Waals surface area contributed by atoms with Crippen molar-refractivity contribution in [2.75, 3.05) is 18.5 Å². The number of fused-ring (bicyclic) bond motifs is 1. The van der Waals surface area contributed by atoms with E-state index < -0.39 is 4.92 Å². The minimum atomic E-state index is -0.410. The zero-order chi connectivity index (χ0) is 23.8. The van der Waals surface area contributed by atoms with Crippen LogP contribution in [0.25, 0.3) is 0 Å². The van der Waals surface area contributed by atoms with Crippen LogP contribution in [0.4, 0.5) is 11.4 Å². The molecule has 0 radical (unpaired) electrons. The van der Waals surface area contributed by atoms with Crippen LogP contribution in [0.1, 0.15) is 51.2 Å². The van der Waals surface area contributed by atoms with E-state index in [9.17, 15) is 14.9 Å². The van der Waals surface area contributed by atoms with Gasteiger partial charge in [-0.05, 0) is 44.2 Å². The number of carbonyl (C=O) groups is 1. The molecule has 1 atom stereocenters. The Balaban J connectivity index is 1.77. The molecule has 7 heteroatoms. The van der Waals surface area contributed by atoms with E-state index in [0.717, 1.165) is 23.3 Å². The predicted octanol–water partition coefficient (Wildman–Crippen LogP) is 6.03. The molecule has 172 valence electrons. The molecule has 1 unspecified atom stereocenters. The monoisotopic (exact) mass is 463 g/mol. The summed E-state index contributed by atoms with van der Waals surface area (Å²) >= 11 is 1.82. The summed E-state index contributed by atoms with van der Waals surface area (Å²) in [4.78, 5) is 30.9. The number of nitro benzene ring substituents is 1. The number of allylic oxidation sites excluding steroid dienone is 2. The van der Waals surface area contributed by atoms with Gasteiger partial charge in [-0.2, -0.15) is 0 Å². The second-order valence-electron chi connectivity index (χ2n) is 9.30. The highest BCUT2D eigenvalue weighted by atomic mass is 32.2. The molecule has 2 aromatic carbocycles. The third kappa shape index (κ3) is 4.74. The maximum absolute atomic E-state index is 12.6. The van der Waals surface area contributed by atoms with Gasteiger partial charge in [0.1, 0.15) is 6.54 Å². The normalized spacial score (nSPS) is 18.8. The molecular weight excluding hydrogens is 434 g/mol. The van der Waals surface area contributed by atoms with Gasteiger partial charge in [0.25, 0.3) is 5.69 Å². The van der Waals surface area contributed by atoms with Crippen molar-refractivity contribution in [3.8, 4) is 0 Å². The highest BCUT2D eigenvalue weighted by molar-refractivity contribution is 8.00. The molecule has 2 aliphatic rings. The first kappa shape index (κ1) is 23.2. The third-order valence-corrected chi connectivity index (χ3v) is 8.13. The van der Waals surface area contributed by atoms with Crippen LogP contribution in [0.3, 0.4) is 0 Å². The van der Waals surface area contributed by atoms with Crippen LogP contribution in [0.2, 0.25) is 0 Å². The lowest BCUT2D eigenvalue weighted by atomic mass is 9.82. The van der Waals surface area contributed by atoms with Crippen LogP contribution in [0.15, 0.2) is 64.0 Å². The number of likely N-dealkylation sites (N-methyl/N-ethyl adjacent to an activating group) is 1. The molecule has 1 aliphatic carbocycles. The summed E-state index contributed by atoms with van der Waals surface area (Å²) in [6.45, 7) is 6.78. The fraction of sp³-hybridized carbons (Fsp3) is 0.385. The van der Waals surface area contributed by atoms with Crippen molar-refractivity contribution in [2.45, 2.75) is 49.7 Å². The number of nitrogens with zero attached hydrogens (tertiary/aromatic N) is 3. The number of thioether (sulfide) groups is 1. The Kier molecular flexibility index (Phi) is 6.43. The molecule has 2 aromatic rings. The van der Waals surface area contributed by atoms with Gasteiger partial charge in [0.2, 0.25) is 5.91 Å². The Bertz CT molecular complexity index is 1170. The van der Waals surface area contributed by atoms with Crippen LogP contribution in [0.5, 0.6) is 0 Å². The van der Waals surface area contributed by atoms with E-state index in [4.69, 9.17) is 0 Å². The van der Waals surface area contributed by atoms with E-state index in [0.29, 0.717) is 22.9 Å². The molecule has 0 spiro atoms. The fourth-order valence-electron chi connectivity index (χ4n) is 4.54. The Hall–Kier alpha value is -2.93. The molecule has 1 heterocycles. The van der Waals surface area contributed by atoms with Crippen LogP contribution in [0, 0.1) is 16.0 Å². The second kappa shape index (κ2) is 9.14. The lowest BCUT2D eigenvalue weighted by Crippen LogP contribution is -2.29. The first-order valence-electron chi connectivity index (χ1n) is 11.2. The minimum Gasteiger partial charge on any atom is -0.313 e. The first-order valence-corrected chi connectivity index (χ1v) is 12.0. The van der Waals surface area contributed by atoms with Crippen molar-refractivity contribution in [3.05, 3.63) is 75.4 Å². The Morgan fingerprint density at radius 2 is 1.94 bits per heavy atom. The summed E-state index contributed by atoms with van der Waals surface area (Å²) in [7, 11) is 1.69. The molecule has 4 rings (SSSR count). The van der Waals surface area contributed by atoms with Gasteiger partial charge in [-0.3, -0.25) is 19.9 Å². The van der Waals surface area contributed by atoms with E-state index in [1.54, 1.807) is 13.1 Å². The van der Waals surface area contributed by atoms with Gasteiger partial charge in [0.15, 0.2) is 0 Å². The zero-order valence-electron chi connectivity index (χ0n) is 19.5. The van der Waals surface area contributed by atoms with E-state index in [1.807, 2.05) is 30.0 Å². The van der Waals surface area contributed by atoms with Crippen LogP contribution < -0.4 is 4.90 Å². The number of non-ortho nitro benzene ring substituents is 1. The molecule has 0 saturated heterocycles. The molecule has 0 fully saturated rings. The summed E-state index contributed by atoms with van der Waals surface area (Å²) < 4.78 is -0.00326. The molecule has 1 amide bonds. The lowest BCUT2D eigenvalue weighted by Gasteiger charge is -2.36. The number of rotatable bonds is 5. The number of hydrogen-bond donors (Lipinski definition) is 0. The average molecular weight is 464 g/mol. The highest BCUT2D eigenvalue weighted by Gasteiger charge is 2.33. The number of nitro groups is 1. The SMILES string of the molecule is CC1=CCC(C(C)(C)Sc2ccccc2C2=NCC(=O)N(C)c3ccc([N+](=O)[O-])cc32)CC1. The van der Waals surface area contributed by atoms with Gasteiger partial charge >= 0.3 is 0 Å². The third-order valence-electron chi connectivity index (χ3n) is 6.69. The molecular formula is C26H29N3O3S. The summed E-state index contributed by atoms with van der Waals surface area (Å²) in [5.74, 6) is 0.409. The van der Waals surface area contributed by atoms with Crippen molar-refractivity contribution >= 4 is 34.8 Å². The minimum absolute atomic E-state index is 0.00326. The van der Waals surface area contributed by atoms with Crippen LogP contribution in [-0.4, -0.2) is 34.9 Å². The first-order chi connectivity index (χ1) is 15.7. The molecule has 33 heavy (non-hydrogen) atoms. The molecule has 0 N–H and O–H groups in total. The quantitative estimate of drug-likeness (QED) is 0.235. The van der Waals surface area contributed by atoms with Crippen molar-refractivity contribution in [1.82, 2.24) is 0 Å². The Morgan fingerprint density at radius 1 is 1.18 bits per heavy atom. The number of carbonyl (C=O) groups excluding carboxylic acids is 1. The standard InChI is InChI=1S/C26H29N3O3S/c1-17-9-11-18(12-10-17)26(2,3)33-23-8-6-5-7-20(23)25-21-15-19(29(31)32)13-14-22(21)28(4)24(30)16-27-25/h5-9,13-15,18H,10-12,16H2,1-4H3. The van der Waals surface area contributed by atoms with Crippen molar-refractivity contribution in [2.24, 2.45) is 10.9 Å². The maximum Gasteiger partial charge on any atom is 0.270 e. The van der Waals surface area contributed by atoms with E-state index >= 15 is 0 Å². The van der Waals surface area contributed by atoms with Crippen molar-refractivity contribution in [1.29, 1.82) is 0 Å². The number of benzodiazepines with no additional fused rings is 1. The summed E-state index contributed by atoms with van der Waals surface area (Å²) in [5, 5.41) is 11.5. The van der Waals surface area contributed by atoms with Crippen LogP contribution in [-0.2, 0) is 4.79 Å². The fourth-order valence-corrected chi connectivity index (χ4v) is 5.91. The Labute approximate surface area is 198 Å². The van der Waals surface area contributed by atoms with Gasteiger partial charge in [-0.1, -0.05) is 43.7 Å². The number of amides is 1. The number of anilines is 1. The smallest absolute Gasteiger partial charge is 0.270 e. The van der Waals surface area contributed by atoms with E-state index in [2.05, 4.69) is 37.9 Å². The topological polar surface area (TPSA) is 75.8 Å². The highest BCUT2D eigenvalue weighted by Crippen LogP contribution is 2.45. The molecule has 6 nitrogen and oxygen atoms in total. The van der Waals surface area contributed by atoms with Crippen LogP contribution >= 0.6 is 11.8 Å². The largest absolute Gasteiger partial charge is 0.313 e. The van der Waals surface area contributed by atoms with Gasteiger partial charge in [0, 0.05) is 39.9 Å². The van der Waals surface area contributed by atoms with Gasteiger partial charge in [-0.25, -0.2) is 0 Å². The number of hydrogen-bond acceptors (Lipinski definition) is 5. The Morgan fingerprint density at radius 3 is 2.64 bits per heavy atom. The van der Waals surface area contributed by atoms with Crippen molar-refractivity contribution < 1.29 is 9.72 Å². The molecule has 0 saturated carbocycles. The van der Waals surface area contributed by atoms with Crippen molar-refractivity contribution in [3.63, 3.8) is 0 Å². The van der Waals surface area contributed by atoms with Gasteiger partial charge in [0.05, 0.1) is 16.3 Å². The van der Waals surface area contributed by atoms with Gasteiger partial charge < -0.3 is 4.90 Å². The van der Waals surface area contributed by atoms with Gasteiger partial charge in [-0.15, -0.1) is 11.8 Å². The summed E-state index contributed by atoms with van der Waals surface area (Å²) in [6.07, 6.45) is 5.73. The molecule has 0 aromatic heterocycles. The summed E-state index contributed by atoms with van der Waals surface area (Å²) in [5.41, 5.74) is 4.23. The second-order valence-corrected chi connectivity index (χ2v) is 11.0. The van der Waals surface area contributed by atoms with E-state index in [-0.39, 0.29) is 22.9 Å². The predicted molar refractivity (Wildman–Crippen MR) is 134 cm³/mol. The van der Waals surface area contributed by atoms with E-state index in [1.165, 1.54) is 29.0 Å². The average Bonchev–Trinajstić information content (AvgIpc) is 2.90. The molecule has 0 bridgehead atoms. The number of aliphatic imine (C=N–C) groups is 1. The number of benzene rings is 2. The molecule has 1 aliphatic heterocycles.